The Bertz CT molecular complexity index is 635. The molecule has 1 saturated carbocycles. The van der Waals surface area contributed by atoms with Crippen LogP contribution in [0.1, 0.15) is 44.5 Å². The van der Waals surface area contributed by atoms with E-state index in [2.05, 4.69) is 43.3 Å². The molecule has 5 nitrogen and oxygen atoms in total. The zero-order valence-corrected chi connectivity index (χ0v) is 16.8. The van der Waals surface area contributed by atoms with Gasteiger partial charge in [0.25, 0.3) is 0 Å². The number of rotatable bonds is 10. The molecule has 146 valence electrons. The van der Waals surface area contributed by atoms with Gasteiger partial charge in [0.1, 0.15) is 0 Å². The van der Waals surface area contributed by atoms with Gasteiger partial charge in [0.15, 0.2) is 0 Å². The van der Waals surface area contributed by atoms with E-state index in [1.165, 1.54) is 24.1 Å². The van der Waals surface area contributed by atoms with Gasteiger partial charge < -0.3 is 15.2 Å². The average Bonchev–Trinajstić information content (AvgIpc) is 2.92. The number of nitrogens with one attached hydrogen (secondary N) is 1. The molecule has 0 spiro atoms. The number of nitrogens with zero attached hydrogens (tertiary/aromatic N) is 2. The van der Waals surface area contributed by atoms with E-state index in [4.69, 9.17) is 4.74 Å². The van der Waals surface area contributed by atoms with Crippen molar-refractivity contribution in [2.24, 2.45) is 17.3 Å². The first-order valence-corrected chi connectivity index (χ1v) is 10.0. The maximum atomic E-state index is 10.1. The maximum absolute atomic E-state index is 10.1. The van der Waals surface area contributed by atoms with Crippen LogP contribution in [0.3, 0.4) is 0 Å². The molecule has 0 unspecified atom stereocenters. The van der Waals surface area contributed by atoms with Crippen molar-refractivity contribution < 1.29 is 9.84 Å². The van der Waals surface area contributed by atoms with Gasteiger partial charge in [0, 0.05) is 18.8 Å². The molecule has 4 rings (SSSR count). The SMILES string of the molecule is Cc1cc(C)n(CCCNC[C@H](O)COCC2=CC[C@H]3C[C@H]2C3(C)C)n1. The molecule has 0 aromatic carbocycles. The summed E-state index contributed by atoms with van der Waals surface area (Å²) in [7, 11) is 0. The summed E-state index contributed by atoms with van der Waals surface area (Å²) in [6.45, 7) is 12.3. The van der Waals surface area contributed by atoms with Crippen LogP contribution in [-0.2, 0) is 11.3 Å². The second-order valence-corrected chi connectivity index (χ2v) is 8.70. The average molecular weight is 362 g/mol. The molecule has 1 heterocycles. The number of aliphatic hydroxyl groups is 1. The molecule has 1 aromatic heterocycles. The number of ether oxygens (including phenoxy) is 1. The zero-order valence-electron chi connectivity index (χ0n) is 16.8. The lowest BCUT2D eigenvalue weighted by molar-refractivity contribution is -0.0235. The Morgan fingerprint density at radius 1 is 1.42 bits per heavy atom. The third-order valence-corrected chi connectivity index (χ3v) is 6.37. The van der Waals surface area contributed by atoms with Crippen LogP contribution in [0.4, 0.5) is 0 Å². The highest BCUT2D eigenvalue weighted by Gasteiger charge is 2.50. The van der Waals surface area contributed by atoms with Gasteiger partial charge in [-0.3, -0.25) is 4.68 Å². The van der Waals surface area contributed by atoms with Crippen molar-refractivity contribution >= 4 is 0 Å². The number of aromatic nitrogens is 2. The van der Waals surface area contributed by atoms with Crippen molar-refractivity contribution in [3.63, 3.8) is 0 Å². The Kier molecular flexibility index (Phi) is 6.21. The van der Waals surface area contributed by atoms with Gasteiger partial charge in [0.05, 0.1) is 25.0 Å². The minimum absolute atomic E-state index is 0.401. The van der Waals surface area contributed by atoms with Crippen molar-refractivity contribution in [1.29, 1.82) is 0 Å². The molecular weight excluding hydrogens is 326 g/mol. The smallest absolute Gasteiger partial charge is 0.0897 e. The van der Waals surface area contributed by atoms with Crippen LogP contribution in [0, 0.1) is 31.1 Å². The molecule has 0 aliphatic heterocycles. The van der Waals surface area contributed by atoms with Crippen LogP contribution < -0.4 is 5.32 Å². The lowest BCUT2D eigenvalue weighted by Gasteiger charge is -2.56. The van der Waals surface area contributed by atoms with E-state index in [1.54, 1.807) is 0 Å². The summed E-state index contributed by atoms with van der Waals surface area (Å²) in [6.07, 6.45) is 5.44. The molecule has 3 atom stereocenters. The maximum Gasteiger partial charge on any atom is 0.0897 e. The van der Waals surface area contributed by atoms with Crippen molar-refractivity contribution in [1.82, 2.24) is 15.1 Å². The lowest BCUT2D eigenvalue weighted by atomic mass is 9.49. The van der Waals surface area contributed by atoms with Gasteiger partial charge in [-0.15, -0.1) is 0 Å². The van der Waals surface area contributed by atoms with E-state index in [9.17, 15) is 5.11 Å². The third kappa shape index (κ3) is 4.38. The highest BCUT2D eigenvalue weighted by atomic mass is 16.5. The normalized spacial score (nSPS) is 24.9. The molecule has 26 heavy (non-hydrogen) atoms. The Hall–Kier alpha value is -1.17. The second-order valence-electron chi connectivity index (χ2n) is 8.70. The summed E-state index contributed by atoms with van der Waals surface area (Å²) >= 11 is 0. The third-order valence-electron chi connectivity index (χ3n) is 6.37. The van der Waals surface area contributed by atoms with Gasteiger partial charge in [-0.25, -0.2) is 0 Å². The predicted molar refractivity (Wildman–Crippen MR) is 104 cm³/mol. The van der Waals surface area contributed by atoms with Gasteiger partial charge in [-0.2, -0.15) is 5.10 Å². The molecular formula is C21H35N3O2. The number of hydrogen-bond acceptors (Lipinski definition) is 4. The molecule has 0 radical (unpaired) electrons. The minimum atomic E-state index is -0.449. The highest BCUT2D eigenvalue weighted by molar-refractivity contribution is 5.23. The minimum Gasteiger partial charge on any atom is -0.389 e. The monoisotopic (exact) mass is 361 g/mol. The fourth-order valence-corrected chi connectivity index (χ4v) is 4.54. The quantitative estimate of drug-likeness (QED) is 0.497. The molecule has 5 heteroatoms. The molecule has 1 fully saturated rings. The number of allylic oxidation sites excluding steroid dienone is 1. The van der Waals surface area contributed by atoms with Crippen LogP contribution in [-0.4, -0.2) is 47.3 Å². The second kappa shape index (κ2) is 8.24. The predicted octanol–water partition coefficient (Wildman–Crippen LogP) is 2.85. The van der Waals surface area contributed by atoms with E-state index in [0.717, 1.165) is 31.1 Å². The lowest BCUT2D eigenvalue weighted by Crippen LogP contribution is -2.48. The van der Waals surface area contributed by atoms with Gasteiger partial charge in [-0.05, 0) is 68.5 Å². The van der Waals surface area contributed by atoms with E-state index >= 15 is 0 Å². The van der Waals surface area contributed by atoms with E-state index in [1.807, 2.05) is 11.6 Å². The summed E-state index contributed by atoms with van der Waals surface area (Å²) in [5.41, 5.74) is 4.16. The van der Waals surface area contributed by atoms with Crippen molar-refractivity contribution in [2.45, 2.75) is 59.6 Å². The van der Waals surface area contributed by atoms with Crippen molar-refractivity contribution in [3.8, 4) is 0 Å². The molecule has 1 aromatic rings. The summed E-state index contributed by atoms with van der Waals surface area (Å²) in [5.74, 6) is 1.55. The summed E-state index contributed by atoms with van der Waals surface area (Å²) in [4.78, 5) is 0. The van der Waals surface area contributed by atoms with Gasteiger partial charge >= 0.3 is 0 Å². The highest BCUT2D eigenvalue weighted by Crippen LogP contribution is 2.59. The molecule has 3 aliphatic rings. The fourth-order valence-electron chi connectivity index (χ4n) is 4.54. The van der Waals surface area contributed by atoms with Crippen LogP contribution in [0.15, 0.2) is 17.7 Å². The standard InChI is InChI=1S/C21H35N3O2/c1-15-10-16(2)24(23-15)9-5-8-22-12-19(25)14-26-13-17-6-7-18-11-20(17)21(18,3)4/h6,10,18-20,22,25H,5,7-9,11-14H2,1-4H3/t18-,19-,20+/m0/s1. The van der Waals surface area contributed by atoms with Crippen molar-refractivity contribution in [3.05, 3.63) is 29.1 Å². The first-order valence-electron chi connectivity index (χ1n) is 10.0. The molecule has 0 amide bonds. The number of fused-ring (bicyclic) bond motifs is 1. The molecule has 3 aliphatic carbocycles. The fraction of sp³-hybridized carbons (Fsp3) is 0.762. The Labute approximate surface area is 157 Å². The first-order chi connectivity index (χ1) is 12.4. The zero-order chi connectivity index (χ0) is 18.7. The Morgan fingerprint density at radius 2 is 2.23 bits per heavy atom. The van der Waals surface area contributed by atoms with Crippen molar-refractivity contribution in [2.75, 3.05) is 26.3 Å². The number of aliphatic hydroxyl groups excluding tert-OH is 1. The first kappa shape index (κ1) is 19.6. The van der Waals surface area contributed by atoms with E-state index in [-0.39, 0.29) is 0 Å². The van der Waals surface area contributed by atoms with Crippen LogP contribution in [0.5, 0.6) is 0 Å². The number of hydrogen-bond donors (Lipinski definition) is 2. The van der Waals surface area contributed by atoms with E-state index in [0.29, 0.717) is 31.1 Å². The summed E-state index contributed by atoms with van der Waals surface area (Å²) in [5, 5.41) is 17.9. The van der Waals surface area contributed by atoms with E-state index < -0.39 is 6.10 Å². The Morgan fingerprint density at radius 3 is 2.88 bits per heavy atom. The van der Waals surface area contributed by atoms with Gasteiger partial charge in [-0.1, -0.05) is 19.9 Å². The summed E-state index contributed by atoms with van der Waals surface area (Å²) in [6, 6.07) is 2.10. The topological polar surface area (TPSA) is 59.3 Å². The van der Waals surface area contributed by atoms with Crippen LogP contribution >= 0.6 is 0 Å². The Balaban J connectivity index is 1.25. The van der Waals surface area contributed by atoms with Gasteiger partial charge in [0.2, 0.25) is 0 Å². The largest absolute Gasteiger partial charge is 0.389 e. The molecule has 2 bridgehead atoms. The molecule has 0 saturated heterocycles. The van der Waals surface area contributed by atoms with Crippen LogP contribution in [0.2, 0.25) is 0 Å². The van der Waals surface area contributed by atoms with Crippen LogP contribution in [0.25, 0.3) is 0 Å². The number of aryl methyl sites for hydroxylation is 3. The summed E-state index contributed by atoms with van der Waals surface area (Å²) < 4.78 is 7.84. The molecule has 2 N–H and O–H groups in total.